The van der Waals surface area contributed by atoms with Crippen molar-refractivity contribution in [3.05, 3.63) is 55.1 Å². The number of aromatic hydroxyl groups is 1. The van der Waals surface area contributed by atoms with Crippen LogP contribution in [0.1, 0.15) is 42.5 Å². The maximum absolute atomic E-state index is 12.5. The minimum Gasteiger partial charge on any atom is -0.493 e. The van der Waals surface area contributed by atoms with Crippen LogP contribution in [-0.4, -0.2) is 26.6 Å². The summed E-state index contributed by atoms with van der Waals surface area (Å²) in [6.07, 6.45) is 4.85. The molecule has 1 aromatic carbocycles. The van der Waals surface area contributed by atoms with Crippen LogP contribution >= 0.6 is 15.9 Å². The molecule has 1 aliphatic carbocycles. The van der Waals surface area contributed by atoms with Gasteiger partial charge < -0.3 is 10.4 Å². The summed E-state index contributed by atoms with van der Waals surface area (Å²) in [5.41, 5.74) is -1.83. The van der Waals surface area contributed by atoms with Crippen LogP contribution in [-0.2, 0) is 0 Å². The molecular weight excluding hydrogens is 390 g/mol. The van der Waals surface area contributed by atoms with Gasteiger partial charge in [0.15, 0.2) is 5.56 Å². The van der Waals surface area contributed by atoms with E-state index in [0.29, 0.717) is 10.2 Å². The largest absolute Gasteiger partial charge is 0.493 e. The molecule has 1 heterocycles. The normalized spacial score (nSPS) is 15.1. The summed E-state index contributed by atoms with van der Waals surface area (Å²) in [7, 11) is 0. The molecule has 25 heavy (non-hydrogen) atoms. The predicted octanol–water partition coefficient (Wildman–Crippen LogP) is 2.06. The van der Waals surface area contributed by atoms with Crippen LogP contribution in [0.25, 0.3) is 5.69 Å². The van der Waals surface area contributed by atoms with E-state index in [9.17, 15) is 19.5 Å². The number of H-pyrrole nitrogens is 1. The van der Waals surface area contributed by atoms with E-state index in [4.69, 9.17) is 0 Å². The van der Waals surface area contributed by atoms with Crippen LogP contribution in [0.15, 0.2) is 38.3 Å². The van der Waals surface area contributed by atoms with E-state index in [1.165, 1.54) is 0 Å². The fourth-order valence-electron chi connectivity index (χ4n) is 3.09. The summed E-state index contributed by atoms with van der Waals surface area (Å²) in [5.74, 6) is -1.34. The Bertz CT molecular complexity index is 913. The summed E-state index contributed by atoms with van der Waals surface area (Å²) >= 11 is 3.29. The van der Waals surface area contributed by atoms with E-state index in [1.807, 2.05) is 0 Å². The second-order valence-electron chi connectivity index (χ2n) is 6.08. The minimum atomic E-state index is -0.901. The van der Waals surface area contributed by atoms with Gasteiger partial charge in [0.05, 0.1) is 5.69 Å². The Kier molecular flexibility index (Phi) is 5.08. The maximum Gasteiger partial charge on any atom is 0.335 e. The van der Waals surface area contributed by atoms with E-state index >= 15 is 0 Å². The van der Waals surface area contributed by atoms with Crippen molar-refractivity contribution < 1.29 is 9.90 Å². The number of nitrogens with zero attached hydrogens (tertiary/aromatic N) is 1. The lowest BCUT2D eigenvalue weighted by atomic mass is 9.95. The first-order chi connectivity index (χ1) is 12.0. The molecule has 0 unspecified atom stereocenters. The van der Waals surface area contributed by atoms with Crippen LogP contribution in [0.5, 0.6) is 5.88 Å². The van der Waals surface area contributed by atoms with Gasteiger partial charge in [-0.2, -0.15) is 0 Å². The first kappa shape index (κ1) is 17.5. The molecule has 3 rings (SSSR count). The molecule has 132 valence electrons. The minimum absolute atomic E-state index is 0.0219. The fourth-order valence-corrected chi connectivity index (χ4v) is 3.48. The van der Waals surface area contributed by atoms with Crippen molar-refractivity contribution in [2.45, 2.75) is 38.1 Å². The van der Waals surface area contributed by atoms with E-state index < -0.39 is 28.6 Å². The molecule has 0 atom stereocenters. The lowest BCUT2D eigenvalue weighted by Gasteiger charge is -2.22. The molecule has 0 aliphatic heterocycles. The zero-order valence-electron chi connectivity index (χ0n) is 13.4. The Morgan fingerprint density at radius 3 is 2.64 bits per heavy atom. The third kappa shape index (κ3) is 3.68. The number of rotatable bonds is 3. The number of benzene rings is 1. The molecule has 2 aromatic rings. The summed E-state index contributed by atoms with van der Waals surface area (Å²) in [6, 6.07) is 6.60. The smallest absolute Gasteiger partial charge is 0.335 e. The number of hydrogen-bond acceptors (Lipinski definition) is 4. The molecule has 1 fully saturated rings. The van der Waals surface area contributed by atoms with Crippen LogP contribution in [0, 0.1) is 0 Å². The zero-order valence-corrected chi connectivity index (χ0v) is 15.0. The Balaban J connectivity index is 2.02. The maximum atomic E-state index is 12.5. The SMILES string of the molecule is O=C(NC1CCCCC1)c1c(O)n(-c2cccc(Br)c2)c(=O)[nH]c1=O. The van der Waals surface area contributed by atoms with Gasteiger partial charge in [0.1, 0.15) is 0 Å². The highest BCUT2D eigenvalue weighted by atomic mass is 79.9. The topological polar surface area (TPSA) is 104 Å². The van der Waals surface area contributed by atoms with Gasteiger partial charge in [0, 0.05) is 10.5 Å². The number of halogens is 1. The monoisotopic (exact) mass is 407 g/mol. The Hall–Kier alpha value is -2.35. The van der Waals surface area contributed by atoms with Crippen molar-refractivity contribution in [1.82, 2.24) is 14.9 Å². The molecule has 1 saturated carbocycles. The van der Waals surface area contributed by atoms with Crippen LogP contribution < -0.4 is 16.6 Å². The number of carbonyl (C=O) groups excluding carboxylic acids is 1. The summed E-state index contributed by atoms with van der Waals surface area (Å²) < 4.78 is 1.60. The third-order valence-corrected chi connectivity index (χ3v) is 4.81. The summed E-state index contributed by atoms with van der Waals surface area (Å²) in [4.78, 5) is 38.8. The number of amides is 1. The van der Waals surface area contributed by atoms with Gasteiger partial charge in [-0.15, -0.1) is 0 Å². The van der Waals surface area contributed by atoms with Crippen molar-refractivity contribution in [3.8, 4) is 11.6 Å². The first-order valence-corrected chi connectivity index (χ1v) is 8.92. The van der Waals surface area contributed by atoms with Gasteiger partial charge in [-0.05, 0) is 31.0 Å². The van der Waals surface area contributed by atoms with E-state index in [1.54, 1.807) is 24.3 Å². The van der Waals surface area contributed by atoms with Crippen molar-refractivity contribution in [2.24, 2.45) is 0 Å². The summed E-state index contributed by atoms with van der Waals surface area (Å²) in [6.45, 7) is 0. The predicted molar refractivity (Wildman–Crippen MR) is 96.4 cm³/mol. The highest BCUT2D eigenvalue weighted by molar-refractivity contribution is 9.10. The van der Waals surface area contributed by atoms with Gasteiger partial charge in [-0.1, -0.05) is 41.3 Å². The molecule has 1 aliphatic rings. The van der Waals surface area contributed by atoms with Gasteiger partial charge in [-0.3, -0.25) is 14.6 Å². The van der Waals surface area contributed by atoms with E-state index in [0.717, 1.165) is 36.7 Å². The number of aromatic amines is 1. The standard InChI is InChI=1S/C17H18BrN3O4/c18-10-5-4-8-12(9-10)21-16(24)13(15(23)20-17(21)25)14(22)19-11-6-2-1-3-7-11/h4-5,8-9,11,24H,1-3,6-7H2,(H,19,22)(H,20,23,25). The fraction of sp³-hybridized carbons (Fsp3) is 0.353. The molecule has 3 N–H and O–H groups in total. The van der Waals surface area contributed by atoms with Gasteiger partial charge in [0.25, 0.3) is 11.5 Å². The van der Waals surface area contributed by atoms with E-state index in [2.05, 4.69) is 26.2 Å². The van der Waals surface area contributed by atoms with Crippen molar-refractivity contribution in [1.29, 1.82) is 0 Å². The van der Waals surface area contributed by atoms with Crippen LogP contribution in [0.2, 0.25) is 0 Å². The molecular formula is C17H18BrN3O4. The molecule has 1 aromatic heterocycles. The number of hydrogen-bond donors (Lipinski definition) is 3. The number of nitrogens with one attached hydrogen (secondary N) is 2. The lowest BCUT2D eigenvalue weighted by Crippen LogP contribution is -2.41. The number of aromatic nitrogens is 2. The Morgan fingerprint density at radius 1 is 1.24 bits per heavy atom. The van der Waals surface area contributed by atoms with Gasteiger partial charge in [-0.25, -0.2) is 9.36 Å². The number of carbonyl (C=O) groups is 1. The second kappa shape index (κ2) is 7.26. The third-order valence-electron chi connectivity index (χ3n) is 4.32. The van der Waals surface area contributed by atoms with Crippen LogP contribution in [0.3, 0.4) is 0 Å². The second-order valence-corrected chi connectivity index (χ2v) is 7.00. The summed E-state index contributed by atoms with van der Waals surface area (Å²) in [5, 5.41) is 13.2. The highest BCUT2D eigenvalue weighted by Gasteiger charge is 2.24. The van der Waals surface area contributed by atoms with Gasteiger partial charge in [0.2, 0.25) is 5.88 Å². The molecule has 1 amide bonds. The molecule has 0 spiro atoms. The van der Waals surface area contributed by atoms with Crippen LogP contribution in [0.4, 0.5) is 0 Å². The molecule has 0 saturated heterocycles. The molecule has 8 heteroatoms. The van der Waals surface area contributed by atoms with Crippen molar-refractivity contribution >= 4 is 21.8 Å². The lowest BCUT2D eigenvalue weighted by molar-refractivity contribution is 0.0922. The first-order valence-electron chi connectivity index (χ1n) is 8.12. The molecule has 0 bridgehead atoms. The van der Waals surface area contributed by atoms with Crippen molar-refractivity contribution in [3.63, 3.8) is 0 Å². The molecule has 0 radical (unpaired) electrons. The van der Waals surface area contributed by atoms with E-state index in [-0.39, 0.29) is 6.04 Å². The quantitative estimate of drug-likeness (QED) is 0.723. The average molecular weight is 408 g/mol. The Morgan fingerprint density at radius 2 is 1.96 bits per heavy atom. The zero-order chi connectivity index (χ0) is 18.0. The molecule has 7 nitrogen and oxygen atoms in total. The van der Waals surface area contributed by atoms with Crippen molar-refractivity contribution in [2.75, 3.05) is 0 Å². The van der Waals surface area contributed by atoms with Gasteiger partial charge >= 0.3 is 5.69 Å². The Labute approximate surface area is 151 Å². The average Bonchev–Trinajstić information content (AvgIpc) is 2.55. The highest BCUT2D eigenvalue weighted by Crippen LogP contribution is 2.21.